The second-order valence-electron chi connectivity index (χ2n) is 1.56. The Bertz CT molecular complexity index is 181. The van der Waals surface area contributed by atoms with E-state index in [2.05, 4.69) is 4.58 Å². The highest BCUT2D eigenvalue weighted by Gasteiger charge is 2.11. The fourth-order valence-corrected chi connectivity index (χ4v) is 0.768. The van der Waals surface area contributed by atoms with Crippen molar-refractivity contribution in [3.63, 3.8) is 0 Å². The summed E-state index contributed by atoms with van der Waals surface area (Å²) in [4.78, 5) is 29.3. The molecule has 0 amide bonds. The predicted octanol–water partition coefficient (Wildman–Crippen LogP) is -2.34. The van der Waals surface area contributed by atoms with Crippen LogP contribution >= 0.6 is 11.9 Å². The number of nitrogens with zero attached hydrogens (tertiary/aromatic N) is 1. The lowest BCUT2D eigenvalue weighted by Crippen LogP contribution is -2.37. The monoisotopic (exact) mass is 177 g/mol. The van der Waals surface area contributed by atoms with E-state index >= 15 is 0 Å². The van der Waals surface area contributed by atoms with Gasteiger partial charge in [0.2, 0.25) is 0 Å². The molecule has 0 aliphatic rings. The summed E-state index contributed by atoms with van der Waals surface area (Å²) in [6.45, 7) is 0. The van der Waals surface area contributed by atoms with Crippen molar-refractivity contribution in [3.05, 3.63) is 4.91 Å². The summed E-state index contributed by atoms with van der Waals surface area (Å²) in [6, 6.07) is 0. The Morgan fingerprint density at radius 2 is 2.00 bits per heavy atom. The maximum Gasteiger partial charge on any atom is 0.0747 e. The fraction of sp³-hybridized carbons (Fsp3) is 0.500. The van der Waals surface area contributed by atoms with Crippen molar-refractivity contribution in [3.8, 4) is 0 Å². The van der Waals surface area contributed by atoms with Crippen molar-refractivity contribution >= 4 is 23.9 Å². The molecule has 62 valence electrons. The van der Waals surface area contributed by atoms with E-state index < -0.39 is 23.6 Å². The van der Waals surface area contributed by atoms with Gasteiger partial charge >= 0.3 is 0 Å². The minimum absolute atomic E-state index is 0.0994. The third kappa shape index (κ3) is 4.31. The summed E-state index contributed by atoms with van der Waals surface area (Å²) in [6.07, 6.45) is -0.779. The molecule has 0 aliphatic heterocycles. The van der Waals surface area contributed by atoms with Crippen LogP contribution < -0.4 is 10.2 Å². The van der Waals surface area contributed by atoms with Crippen molar-refractivity contribution in [2.75, 3.05) is 0 Å². The summed E-state index contributed by atoms with van der Waals surface area (Å²) in [5.74, 6) is -3.20. The van der Waals surface area contributed by atoms with Crippen LogP contribution in [0.3, 0.4) is 0 Å². The van der Waals surface area contributed by atoms with Gasteiger partial charge in [0.25, 0.3) is 0 Å². The van der Waals surface area contributed by atoms with E-state index in [0.717, 1.165) is 0 Å². The second-order valence-corrected chi connectivity index (χ2v) is 2.49. The SMILES string of the molecule is O=NSC(CC(=O)[O-])C(=O)[O-]. The van der Waals surface area contributed by atoms with Crippen molar-refractivity contribution in [2.45, 2.75) is 11.7 Å². The van der Waals surface area contributed by atoms with E-state index in [9.17, 15) is 24.7 Å². The first-order valence-corrected chi connectivity index (χ1v) is 3.30. The zero-order valence-corrected chi connectivity index (χ0v) is 6.00. The summed E-state index contributed by atoms with van der Waals surface area (Å²) < 4.78 is 2.17. The van der Waals surface area contributed by atoms with Gasteiger partial charge in [-0.1, -0.05) is 0 Å². The summed E-state index contributed by atoms with van der Waals surface area (Å²) in [7, 11) is 0. The number of hydrogen-bond donors (Lipinski definition) is 0. The van der Waals surface area contributed by atoms with Crippen LogP contribution in [0.1, 0.15) is 6.42 Å². The van der Waals surface area contributed by atoms with Crippen LogP contribution in [-0.4, -0.2) is 17.2 Å². The number of carboxylic acids is 2. The van der Waals surface area contributed by atoms with Crippen molar-refractivity contribution in [1.29, 1.82) is 0 Å². The fourth-order valence-electron chi connectivity index (χ4n) is 0.367. The second kappa shape index (κ2) is 4.67. The van der Waals surface area contributed by atoms with E-state index in [1.165, 1.54) is 0 Å². The van der Waals surface area contributed by atoms with E-state index in [1.54, 1.807) is 0 Å². The number of nitroso groups, excluding NO2 is 1. The standard InChI is InChI=1S/C4H5NO5S/c6-3(7)1-2(4(8)9)11-5-10/h2H,1H2,(H,6,7)(H,8,9)/p-2. The number of carbonyl (C=O) groups excluding carboxylic acids is 2. The highest BCUT2D eigenvalue weighted by Crippen LogP contribution is 2.13. The van der Waals surface area contributed by atoms with Crippen LogP contribution in [0.25, 0.3) is 0 Å². The first-order chi connectivity index (χ1) is 5.07. The van der Waals surface area contributed by atoms with E-state index in [4.69, 9.17) is 0 Å². The van der Waals surface area contributed by atoms with Gasteiger partial charge < -0.3 is 19.8 Å². The lowest BCUT2D eigenvalue weighted by Gasteiger charge is -2.12. The Kier molecular flexibility index (Phi) is 4.20. The molecule has 0 spiro atoms. The van der Waals surface area contributed by atoms with E-state index in [1.807, 2.05) is 0 Å². The Labute approximate surface area is 65.7 Å². The molecule has 0 rings (SSSR count). The third-order valence-electron chi connectivity index (χ3n) is 0.785. The van der Waals surface area contributed by atoms with Crippen LogP contribution in [0.4, 0.5) is 0 Å². The van der Waals surface area contributed by atoms with E-state index in [0.29, 0.717) is 0 Å². The molecule has 7 heteroatoms. The molecule has 0 aliphatic carbocycles. The first kappa shape index (κ1) is 9.89. The molecule has 0 aromatic carbocycles. The number of carbonyl (C=O) groups is 2. The van der Waals surface area contributed by atoms with Gasteiger partial charge in [-0.25, -0.2) is 0 Å². The van der Waals surface area contributed by atoms with Gasteiger partial charge in [-0.3, -0.25) is 0 Å². The van der Waals surface area contributed by atoms with Crippen molar-refractivity contribution in [2.24, 2.45) is 4.58 Å². The van der Waals surface area contributed by atoms with Crippen LogP contribution in [0.5, 0.6) is 0 Å². The zero-order valence-electron chi connectivity index (χ0n) is 5.18. The van der Waals surface area contributed by atoms with Gasteiger partial charge in [0.15, 0.2) is 0 Å². The molecule has 0 N–H and O–H groups in total. The largest absolute Gasteiger partial charge is 0.550 e. The molecule has 0 radical (unpaired) electrons. The summed E-state index contributed by atoms with van der Waals surface area (Å²) >= 11 is 0.0994. The summed E-state index contributed by atoms with van der Waals surface area (Å²) in [5, 5.41) is 18.4. The first-order valence-electron chi connectivity index (χ1n) is 2.47. The van der Waals surface area contributed by atoms with Crippen LogP contribution in [0.15, 0.2) is 4.58 Å². The van der Waals surface area contributed by atoms with Gasteiger partial charge in [0, 0.05) is 28.9 Å². The molecule has 0 aromatic heterocycles. The average molecular weight is 177 g/mol. The van der Waals surface area contributed by atoms with Gasteiger partial charge in [-0.05, 0) is 0 Å². The molecule has 0 bridgehead atoms. The number of carboxylic acid groups (broad SMARTS) is 2. The average Bonchev–Trinajstić information content (AvgIpc) is 1.86. The molecule has 0 heterocycles. The Morgan fingerprint density at radius 3 is 2.27 bits per heavy atom. The minimum atomic E-state index is -1.64. The highest BCUT2D eigenvalue weighted by molar-refractivity contribution is 7.99. The molecule has 1 unspecified atom stereocenters. The molecule has 0 fully saturated rings. The molecule has 1 atom stereocenters. The Balaban J connectivity index is 3.99. The molecular formula is C4H3NO5S-2. The topological polar surface area (TPSA) is 110 Å². The van der Waals surface area contributed by atoms with Crippen molar-refractivity contribution in [1.82, 2.24) is 0 Å². The Morgan fingerprint density at radius 1 is 1.45 bits per heavy atom. The van der Waals surface area contributed by atoms with Gasteiger partial charge in [0.1, 0.15) is 0 Å². The third-order valence-corrected chi connectivity index (χ3v) is 1.48. The zero-order chi connectivity index (χ0) is 8.85. The maximum atomic E-state index is 10.0. The molecule has 0 aromatic rings. The van der Waals surface area contributed by atoms with Crippen LogP contribution in [0, 0.1) is 4.91 Å². The number of hydrogen-bond acceptors (Lipinski definition) is 7. The smallest absolute Gasteiger partial charge is 0.0747 e. The van der Waals surface area contributed by atoms with Crippen LogP contribution in [-0.2, 0) is 9.59 Å². The molecule has 6 nitrogen and oxygen atoms in total. The van der Waals surface area contributed by atoms with Gasteiger partial charge in [0.05, 0.1) is 11.2 Å². The normalized spacial score (nSPS) is 12.0. The minimum Gasteiger partial charge on any atom is -0.550 e. The van der Waals surface area contributed by atoms with Gasteiger partial charge in [-0.15, -0.1) is 4.91 Å². The summed E-state index contributed by atoms with van der Waals surface area (Å²) in [5.41, 5.74) is 0. The lowest BCUT2D eigenvalue weighted by molar-refractivity contribution is -0.314. The van der Waals surface area contributed by atoms with Gasteiger partial charge in [-0.2, -0.15) is 0 Å². The number of rotatable bonds is 5. The van der Waals surface area contributed by atoms with Crippen molar-refractivity contribution < 1.29 is 19.8 Å². The lowest BCUT2D eigenvalue weighted by atomic mass is 10.3. The van der Waals surface area contributed by atoms with E-state index in [-0.39, 0.29) is 11.9 Å². The molecule has 0 saturated carbocycles. The molecular weight excluding hydrogens is 174 g/mol. The maximum absolute atomic E-state index is 10.0. The molecule has 0 saturated heterocycles. The van der Waals surface area contributed by atoms with Crippen LogP contribution in [0.2, 0.25) is 0 Å². The molecule has 11 heavy (non-hydrogen) atoms. The predicted molar refractivity (Wildman–Crippen MR) is 31.8 cm³/mol. The quantitative estimate of drug-likeness (QED) is 0.343. The Hall–Kier alpha value is -1.11. The highest BCUT2D eigenvalue weighted by atomic mass is 32.2. The number of aliphatic carboxylic acids is 2.